The molecule has 2 amide bonds. The molecule has 0 radical (unpaired) electrons. The summed E-state index contributed by atoms with van der Waals surface area (Å²) in [5.41, 5.74) is 1.33. The fourth-order valence-electron chi connectivity index (χ4n) is 3.34. The second-order valence-electron chi connectivity index (χ2n) is 6.62. The molecule has 0 saturated carbocycles. The molecule has 1 saturated heterocycles. The van der Waals surface area contributed by atoms with E-state index in [1.807, 2.05) is 30.3 Å². The van der Waals surface area contributed by atoms with Gasteiger partial charge in [0.25, 0.3) is 0 Å². The Balaban J connectivity index is 1.41. The number of benzene rings is 2. The van der Waals surface area contributed by atoms with E-state index in [2.05, 4.69) is 16.3 Å². The number of urea groups is 1. The lowest BCUT2D eigenvalue weighted by Crippen LogP contribution is -2.50. The Kier molecular flexibility index (Phi) is 4.80. The first kappa shape index (κ1) is 17.8. The average molecular weight is 376 g/mol. The second-order valence-corrected chi connectivity index (χ2v) is 6.62. The first-order valence-electron chi connectivity index (χ1n) is 9.11. The summed E-state index contributed by atoms with van der Waals surface area (Å²) < 4.78 is 0. The molecule has 1 aromatic heterocycles. The van der Waals surface area contributed by atoms with Gasteiger partial charge in [0.2, 0.25) is 0 Å². The van der Waals surface area contributed by atoms with E-state index in [0.717, 1.165) is 16.7 Å². The zero-order chi connectivity index (χ0) is 19.5. The maximum Gasteiger partial charge on any atom is 0.337 e. The number of anilines is 2. The summed E-state index contributed by atoms with van der Waals surface area (Å²) in [7, 11) is 0. The van der Waals surface area contributed by atoms with E-state index in [1.54, 1.807) is 23.1 Å². The Hall–Kier alpha value is -3.61. The fraction of sp³-hybridized carbons (Fsp3) is 0.190. The van der Waals surface area contributed by atoms with Gasteiger partial charge in [-0.3, -0.25) is 0 Å². The van der Waals surface area contributed by atoms with E-state index >= 15 is 0 Å². The number of hydrogen-bond acceptors (Lipinski definition) is 4. The van der Waals surface area contributed by atoms with Crippen molar-refractivity contribution < 1.29 is 14.7 Å². The van der Waals surface area contributed by atoms with Crippen LogP contribution in [0.2, 0.25) is 0 Å². The Morgan fingerprint density at radius 2 is 1.61 bits per heavy atom. The second kappa shape index (κ2) is 7.56. The van der Waals surface area contributed by atoms with Crippen molar-refractivity contribution in [3.8, 4) is 0 Å². The van der Waals surface area contributed by atoms with Crippen LogP contribution in [0, 0.1) is 0 Å². The molecule has 4 rings (SSSR count). The van der Waals surface area contributed by atoms with Gasteiger partial charge in [0.05, 0.1) is 16.8 Å². The number of carbonyl (C=O) groups is 2. The van der Waals surface area contributed by atoms with E-state index in [4.69, 9.17) is 4.98 Å². The highest BCUT2D eigenvalue weighted by molar-refractivity contribution is 6.00. The first-order valence-corrected chi connectivity index (χ1v) is 9.11. The molecule has 28 heavy (non-hydrogen) atoms. The number of carboxylic acids is 1. The number of pyridine rings is 1. The van der Waals surface area contributed by atoms with Gasteiger partial charge in [0, 0.05) is 31.6 Å². The van der Waals surface area contributed by atoms with Gasteiger partial charge < -0.3 is 20.2 Å². The highest BCUT2D eigenvalue weighted by Crippen LogP contribution is 2.20. The first-order chi connectivity index (χ1) is 13.6. The summed E-state index contributed by atoms with van der Waals surface area (Å²) in [6.07, 6.45) is 0. The number of carboxylic acid groups (broad SMARTS) is 1. The average Bonchev–Trinajstić information content (AvgIpc) is 2.73. The summed E-state index contributed by atoms with van der Waals surface area (Å²) in [6.45, 7) is 2.41. The summed E-state index contributed by atoms with van der Waals surface area (Å²) in [5.74, 6) is -0.168. The van der Waals surface area contributed by atoms with Crippen molar-refractivity contribution >= 4 is 34.4 Å². The van der Waals surface area contributed by atoms with Crippen molar-refractivity contribution in [2.45, 2.75) is 0 Å². The van der Waals surface area contributed by atoms with Crippen LogP contribution in [0.1, 0.15) is 10.4 Å². The highest BCUT2D eigenvalue weighted by Gasteiger charge is 2.23. The lowest BCUT2D eigenvalue weighted by molar-refractivity contribution is 0.0698. The van der Waals surface area contributed by atoms with E-state index in [9.17, 15) is 14.7 Å². The Labute approximate surface area is 162 Å². The molecule has 3 aromatic rings. The van der Waals surface area contributed by atoms with Crippen molar-refractivity contribution in [1.82, 2.24) is 9.88 Å². The Morgan fingerprint density at radius 3 is 2.39 bits per heavy atom. The van der Waals surface area contributed by atoms with Crippen LogP contribution in [0.15, 0.2) is 60.7 Å². The molecule has 2 N–H and O–H groups in total. The lowest BCUT2D eigenvalue weighted by Gasteiger charge is -2.35. The van der Waals surface area contributed by atoms with Crippen molar-refractivity contribution in [2.24, 2.45) is 0 Å². The maximum atomic E-state index is 12.5. The normalized spacial score (nSPS) is 14.1. The largest absolute Gasteiger partial charge is 0.478 e. The minimum Gasteiger partial charge on any atom is -0.478 e. The molecule has 0 atom stereocenters. The van der Waals surface area contributed by atoms with Gasteiger partial charge in [-0.1, -0.05) is 30.3 Å². The molecule has 7 heteroatoms. The van der Waals surface area contributed by atoms with Gasteiger partial charge in [-0.2, -0.15) is 0 Å². The zero-order valence-electron chi connectivity index (χ0n) is 15.2. The molecule has 1 aliphatic heterocycles. The van der Waals surface area contributed by atoms with Crippen LogP contribution in [-0.2, 0) is 0 Å². The number of aromatic carboxylic acids is 1. The molecule has 2 aromatic carbocycles. The summed E-state index contributed by atoms with van der Waals surface area (Å²) in [6, 6.07) is 18.1. The number of hydrogen-bond donors (Lipinski definition) is 2. The minimum atomic E-state index is -1.07. The monoisotopic (exact) mass is 376 g/mol. The standard InChI is InChI=1S/C21H20N4O3/c26-20(27)16-6-2-4-8-18(16)23-21(28)25-13-11-24(12-14-25)19-10-9-15-5-1-3-7-17(15)22-19/h1-10H,11-14H2,(H,23,28)(H,26,27). The van der Waals surface area contributed by atoms with E-state index in [0.29, 0.717) is 31.9 Å². The highest BCUT2D eigenvalue weighted by atomic mass is 16.4. The molecule has 142 valence electrons. The predicted molar refractivity (Wildman–Crippen MR) is 108 cm³/mol. The third kappa shape index (κ3) is 3.59. The smallest absolute Gasteiger partial charge is 0.337 e. The topological polar surface area (TPSA) is 85.8 Å². The third-order valence-electron chi connectivity index (χ3n) is 4.87. The van der Waals surface area contributed by atoms with Crippen molar-refractivity contribution in [1.29, 1.82) is 0 Å². The SMILES string of the molecule is O=C(O)c1ccccc1NC(=O)N1CCN(c2ccc3ccccc3n2)CC1. The molecule has 0 bridgehead atoms. The summed E-state index contributed by atoms with van der Waals surface area (Å²) in [5, 5.41) is 13.1. The number of carbonyl (C=O) groups excluding carboxylic acids is 1. The number of piperazine rings is 1. The van der Waals surface area contributed by atoms with E-state index in [-0.39, 0.29) is 11.6 Å². The van der Waals surface area contributed by atoms with Crippen LogP contribution < -0.4 is 10.2 Å². The molecule has 1 fully saturated rings. The molecular formula is C21H20N4O3. The number of nitrogens with one attached hydrogen (secondary N) is 1. The number of para-hydroxylation sites is 2. The number of rotatable bonds is 3. The molecule has 7 nitrogen and oxygen atoms in total. The fourth-order valence-corrected chi connectivity index (χ4v) is 3.34. The molecule has 0 spiro atoms. The van der Waals surface area contributed by atoms with Crippen LogP contribution in [0.4, 0.5) is 16.3 Å². The van der Waals surface area contributed by atoms with Crippen molar-refractivity contribution in [2.75, 3.05) is 36.4 Å². The predicted octanol–water partition coefficient (Wildman–Crippen LogP) is 3.29. The van der Waals surface area contributed by atoms with Gasteiger partial charge >= 0.3 is 12.0 Å². The number of nitrogens with zero attached hydrogens (tertiary/aromatic N) is 3. The molecule has 1 aliphatic rings. The van der Waals surface area contributed by atoms with Crippen LogP contribution in [0.5, 0.6) is 0 Å². The quantitative estimate of drug-likeness (QED) is 0.733. The van der Waals surface area contributed by atoms with E-state index < -0.39 is 5.97 Å². The number of fused-ring (bicyclic) bond motifs is 1. The third-order valence-corrected chi connectivity index (χ3v) is 4.87. The molecular weight excluding hydrogens is 356 g/mol. The maximum absolute atomic E-state index is 12.5. The van der Waals surface area contributed by atoms with Crippen LogP contribution in [-0.4, -0.2) is 53.2 Å². The molecule has 0 aliphatic carbocycles. The number of aromatic nitrogens is 1. The van der Waals surface area contributed by atoms with Gasteiger partial charge in [-0.05, 0) is 30.3 Å². The van der Waals surface area contributed by atoms with Crippen LogP contribution in [0.3, 0.4) is 0 Å². The van der Waals surface area contributed by atoms with Crippen molar-refractivity contribution in [3.05, 3.63) is 66.2 Å². The molecule has 0 unspecified atom stereocenters. The summed E-state index contributed by atoms with van der Waals surface area (Å²) >= 11 is 0. The Bertz CT molecular complexity index is 1030. The van der Waals surface area contributed by atoms with E-state index in [1.165, 1.54) is 6.07 Å². The van der Waals surface area contributed by atoms with Crippen molar-refractivity contribution in [3.63, 3.8) is 0 Å². The molecule has 2 heterocycles. The Morgan fingerprint density at radius 1 is 0.893 bits per heavy atom. The van der Waals surface area contributed by atoms with Gasteiger partial charge in [-0.15, -0.1) is 0 Å². The number of amides is 2. The van der Waals surface area contributed by atoms with Gasteiger partial charge in [0.1, 0.15) is 5.82 Å². The lowest BCUT2D eigenvalue weighted by atomic mass is 10.2. The summed E-state index contributed by atoms with van der Waals surface area (Å²) in [4.78, 5) is 32.4. The van der Waals surface area contributed by atoms with Gasteiger partial charge in [-0.25, -0.2) is 14.6 Å². The van der Waals surface area contributed by atoms with Crippen LogP contribution in [0.25, 0.3) is 10.9 Å². The van der Waals surface area contributed by atoms with Gasteiger partial charge in [0.15, 0.2) is 0 Å². The minimum absolute atomic E-state index is 0.0786. The zero-order valence-corrected chi connectivity index (χ0v) is 15.2. The van der Waals surface area contributed by atoms with Crippen LogP contribution >= 0.6 is 0 Å².